The van der Waals surface area contributed by atoms with E-state index in [4.69, 9.17) is 0 Å². The standard InChI is InChI=1S/C18H21NOS/c1-13(2)16-11-7-8-12-17(16)19-18(20)14(3)21-15-9-5-4-6-10-15/h4-14H,1-3H3,(H,19,20)/t14-/m0/s1. The third-order valence-corrected chi connectivity index (χ3v) is 4.38. The first-order chi connectivity index (χ1) is 10.1. The highest BCUT2D eigenvalue weighted by atomic mass is 32.2. The van der Waals surface area contributed by atoms with Crippen molar-refractivity contribution < 1.29 is 4.79 Å². The van der Waals surface area contributed by atoms with Crippen LogP contribution in [-0.2, 0) is 4.79 Å². The third-order valence-electron chi connectivity index (χ3n) is 3.27. The summed E-state index contributed by atoms with van der Waals surface area (Å²) in [6.07, 6.45) is 0. The van der Waals surface area contributed by atoms with Crippen molar-refractivity contribution in [1.82, 2.24) is 0 Å². The molecule has 1 N–H and O–H groups in total. The Morgan fingerprint density at radius 2 is 1.57 bits per heavy atom. The molecule has 0 radical (unpaired) electrons. The second-order valence-corrected chi connectivity index (χ2v) is 6.72. The zero-order valence-electron chi connectivity index (χ0n) is 12.7. The van der Waals surface area contributed by atoms with Crippen LogP contribution >= 0.6 is 11.8 Å². The normalized spacial score (nSPS) is 12.2. The summed E-state index contributed by atoms with van der Waals surface area (Å²) in [6.45, 7) is 6.20. The van der Waals surface area contributed by atoms with Gasteiger partial charge < -0.3 is 5.32 Å². The number of amides is 1. The molecule has 2 rings (SSSR count). The van der Waals surface area contributed by atoms with Crippen LogP contribution in [0.4, 0.5) is 5.69 Å². The van der Waals surface area contributed by atoms with Crippen LogP contribution in [-0.4, -0.2) is 11.2 Å². The molecule has 3 heteroatoms. The molecule has 110 valence electrons. The molecular formula is C18H21NOS. The Morgan fingerprint density at radius 1 is 0.952 bits per heavy atom. The molecule has 0 spiro atoms. The summed E-state index contributed by atoms with van der Waals surface area (Å²) in [5, 5.41) is 2.92. The molecule has 0 fully saturated rings. The minimum Gasteiger partial charge on any atom is -0.325 e. The van der Waals surface area contributed by atoms with Crippen molar-refractivity contribution in [3.05, 3.63) is 60.2 Å². The molecule has 1 amide bonds. The Balaban J connectivity index is 2.04. The van der Waals surface area contributed by atoms with Gasteiger partial charge in [-0.1, -0.05) is 50.2 Å². The molecule has 2 aromatic rings. The van der Waals surface area contributed by atoms with Crippen LogP contribution in [0.25, 0.3) is 0 Å². The number of anilines is 1. The predicted molar refractivity (Wildman–Crippen MR) is 90.9 cm³/mol. The van der Waals surface area contributed by atoms with Crippen LogP contribution in [0.2, 0.25) is 0 Å². The second-order valence-electron chi connectivity index (χ2n) is 5.30. The Hall–Kier alpha value is -1.74. The number of nitrogens with one attached hydrogen (secondary N) is 1. The summed E-state index contributed by atoms with van der Waals surface area (Å²) in [5.74, 6) is 0.426. The number of carbonyl (C=O) groups is 1. The lowest BCUT2D eigenvalue weighted by Crippen LogP contribution is -2.23. The third kappa shape index (κ3) is 4.36. The highest BCUT2D eigenvalue weighted by molar-refractivity contribution is 8.00. The molecule has 0 aliphatic heterocycles. The molecule has 0 aromatic heterocycles. The number of hydrogen-bond donors (Lipinski definition) is 1. The van der Waals surface area contributed by atoms with Crippen molar-refractivity contribution in [3.8, 4) is 0 Å². The average Bonchev–Trinajstić information content (AvgIpc) is 2.48. The molecule has 0 saturated carbocycles. The van der Waals surface area contributed by atoms with Gasteiger partial charge >= 0.3 is 0 Å². The summed E-state index contributed by atoms with van der Waals surface area (Å²) in [7, 11) is 0. The molecule has 0 aliphatic rings. The SMILES string of the molecule is CC(C)c1ccccc1NC(=O)[C@H](C)Sc1ccccc1. The van der Waals surface area contributed by atoms with Gasteiger partial charge in [-0.15, -0.1) is 11.8 Å². The van der Waals surface area contributed by atoms with E-state index in [1.807, 2.05) is 55.5 Å². The van der Waals surface area contributed by atoms with E-state index in [1.54, 1.807) is 11.8 Å². The smallest absolute Gasteiger partial charge is 0.237 e. The van der Waals surface area contributed by atoms with Gasteiger partial charge in [0.05, 0.1) is 5.25 Å². The number of carbonyl (C=O) groups excluding carboxylic acids is 1. The van der Waals surface area contributed by atoms with Gasteiger partial charge in [0, 0.05) is 10.6 Å². The fourth-order valence-electron chi connectivity index (χ4n) is 2.11. The molecule has 21 heavy (non-hydrogen) atoms. The number of rotatable bonds is 5. The molecule has 0 unspecified atom stereocenters. The fourth-order valence-corrected chi connectivity index (χ4v) is 2.99. The first kappa shape index (κ1) is 15.6. The topological polar surface area (TPSA) is 29.1 Å². The molecule has 2 nitrogen and oxygen atoms in total. The van der Waals surface area contributed by atoms with Crippen LogP contribution in [0.5, 0.6) is 0 Å². The number of para-hydroxylation sites is 1. The van der Waals surface area contributed by atoms with E-state index in [1.165, 1.54) is 5.56 Å². The van der Waals surface area contributed by atoms with Crippen LogP contribution in [0.15, 0.2) is 59.5 Å². The van der Waals surface area contributed by atoms with Crippen molar-refractivity contribution in [2.75, 3.05) is 5.32 Å². The minimum absolute atomic E-state index is 0.0388. The van der Waals surface area contributed by atoms with Crippen LogP contribution < -0.4 is 5.32 Å². The van der Waals surface area contributed by atoms with Crippen molar-refractivity contribution >= 4 is 23.4 Å². The van der Waals surface area contributed by atoms with Gasteiger partial charge in [-0.3, -0.25) is 4.79 Å². The molecule has 0 heterocycles. The van der Waals surface area contributed by atoms with Gasteiger partial charge in [0.1, 0.15) is 0 Å². The highest BCUT2D eigenvalue weighted by Crippen LogP contribution is 2.27. The van der Waals surface area contributed by atoms with Crippen molar-refractivity contribution in [2.24, 2.45) is 0 Å². The lowest BCUT2D eigenvalue weighted by atomic mass is 10.0. The fraction of sp³-hybridized carbons (Fsp3) is 0.278. The Bertz CT molecular complexity index is 595. The molecule has 1 atom stereocenters. The first-order valence-electron chi connectivity index (χ1n) is 7.19. The number of hydrogen-bond acceptors (Lipinski definition) is 2. The number of thioether (sulfide) groups is 1. The van der Waals surface area contributed by atoms with Gasteiger partial charge in [0.15, 0.2) is 0 Å². The van der Waals surface area contributed by atoms with Crippen molar-refractivity contribution in [1.29, 1.82) is 0 Å². The molecule has 0 bridgehead atoms. The Labute approximate surface area is 131 Å². The quantitative estimate of drug-likeness (QED) is 0.793. The molecule has 0 aliphatic carbocycles. The average molecular weight is 299 g/mol. The van der Waals surface area contributed by atoms with Gasteiger partial charge in [-0.25, -0.2) is 0 Å². The summed E-state index contributed by atoms with van der Waals surface area (Å²) < 4.78 is 0. The maximum atomic E-state index is 12.4. The van der Waals surface area contributed by atoms with E-state index in [0.29, 0.717) is 5.92 Å². The van der Waals surface area contributed by atoms with E-state index >= 15 is 0 Å². The van der Waals surface area contributed by atoms with E-state index in [2.05, 4.69) is 25.2 Å². The summed E-state index contributed by atoms with van der Waals surface area (Å²) in [4.78, 5) is 13.5. The molecule has 0 saturated heterocycles. The van der Waals surface area contributed by atoms with Crippen molar-refractivity contribution in [2.45, 2.75) is 36.8 Å². The summed E-state index contributed by atoms with van der Waals surface area (Å²) in [5.41, 5.74) is 2.08. The van der Waals surface area contributed by atoms with E-state index in [9.17, 15) is 4.79 Å². The second kappa shape index (κ2) is 7.32. The van der Waals surface area contributed by atoms with Gasteiger partial charge in [0.25, 0.3) is 0 Å². The van der Waals surface area contributed by atoms with Gasteiger partial charge in [-0.2, -0.15) is 0 Å². The first-order valence-corrected chi connectivity index (χ1v) is 8.07. The largest absolute Gasteiger partial charge is 0.325 e. The zero-order chi connectivity index (χ0) is 15.2. The van der Waals surface area contributed by atoms with E-state index in [0.717, 1.165) is 10.6 Å². The Kier molecular flexibility index (Phi) is 5.45. The maximum absolute atomic E-state index is 12.4. The van der Waals surface area contributed by atoms with Gasteiger partial charge in [0.2, 0.25) is 5.91 Å². The number of benzene rings is 2. The van der Waals surface area contributed by atoms with Crippen molar-refractivity contribution in [3.63, 3.8) is 0 Å². The van der Waals surface area contributed by atoms with E-state index in [-0.39, 0.29) is 11.2 Å². The maximum Gasteiger partial charge on any atom is 0.237 e. The van der Waals surface area contributed by atoms with Crippen LogP contribution in [0, 0.1) is 0 Å². The highest BCUT2D eigenvalue weighted by Gasteiger charge is 2.16. The van der Waals surface area contributed by atoms with Crippen LogP contribution in [0.1, 0.15) is 32.3 Å². The minimum atomic E-state index is -0.132. The lowest BCUT2D eigenvalue weighted by molar-refractivity contribution is -0.115. The monoisotopic (exact) mass is 299 g/mol. The van der Waals surface area contributed by atoms with E-state index < -0.39 is 0 Å². The molecular weight excluding hydrogens is 278 g/mol. The Morgan fingerprint density at radius 3 is 2.24 bits per heavy atom. The predicted octanol–water partition coefficient (Wildman–Crippen LogP) is 4.93. The zero-order valence-corrected chi connectivity index (χ0v) is 13.5. The lowest BCUT2D eigenvalue weighted by Gasteiger charge is -2.16. The summed E-state index contributed by atoms with van der Waals surface area (Å²) in [6, 6.07) is 18.0. The summed E-state index contributed by atoms with van der Waals surface area (Å²) >= 11 is 1.57. The van der Waals surface area contributed by atoms with Gasteiger partial charge in [-0.05, 0) is 36.6 Å². The van der Waals surface area contributed by atoms with Crippen LogP contribution in [0.3, 0.4) is 0 Å². The molecule has 2 aromatic carbocycles.